The largest absolute Gasteiger partial charge is 0.506 e. The van der Waals surface area contributed by atoms with Crippen LogP contribution in [0.15, 0.2) is 6.07 Å². The molecule has 1 aromatic carbocycles. The first kappa shape index (κ1) is 14.7. The molecule has 0 bridgehead atoms. The summed E-state index contributed by atoms with van der Waals surface area (Å²) >= 11 is 12.5. The molecule has 0 heterocycles. The molecule has 1 nitrogen and oxygen atoms in total. The molecule has 0 radical (unpaired) electrons. The lowest BCUT2D eigenvalue weighted by Crippen LogP contribution is -1.95. The van der Waals surface area contributed by atoms with Gasteiger partial charge in [-0.05, 0) is 42.9 Å². The molecule has 0 atom stereocenters. The Morgan fingerprint density at radius 1 is 1.00 bits per heavy atom. The zero-order valence-electron chi connectivity index (χ0n) is 10.5. The highest BCUT2D eigenvalue weighted by Gasteiger charge is 2.14. The minimum atomic E-state index is 0.160. The standard InChI is InChI=1S/C14H20Cl2O/c1-3-5-7-10-9-12(17)14(16)11(13(10)15)8-6-4-2/h9,17H,3-8H2,1-2H3. The maximum absolute atomic E-state index is 9.81. The lowest BCUT2D eigenvalue weighted by atomic mass is 10.0. The number of phenolic OH excluding ortho intramolecular Hbond substituents is 1. The Balaban J connectivity index is 3.04. The molecule has 0 spiro atoms. The number of hydrogen-bond acceptors (Lipinski definition) is 1. The van der Waals surface area contributed by atoms with E-state index in [0.717, 1.165) is 54.7 Å². The fraction of sp³-hybridized carbons (Fsp3) is 0.571. The maximum atomic E-state index is 9.81. The van der Waals surface area contributed by atoms with Crippen molar-refractivity contribution in [3.63, 3.8) is 0 Å². The van der Waals surface area contributed by atoms with Crippen molar-refractivity contribution in [3.8, 4) is 5.75 Å². The van der Waals surface area contributed by atoms with E-state index in [-0.39, 0.29) is 5.75 Å². The fourth-order valence-corrected chi connectivity index (χ4v) is 2.49. The predicted molar refractivity (Wildman–Crippen MR) is 75.4 cm³/mol. The van der Waals surface area contributed by atoms with Crippen molar-refractivity contribution in [1.29, 1.82) is 0 Å². The fourth-order valence-electron chi connectivity index (χ4n) is 1.86. The molecule has 0 aliphatic rings. The number of aryl methyl sites for hydroxylation is 1. The quantitative estimate of drug-likeness (QED) is 0.738. The van der Waals surface area contributed by atoms with E-state index in [1.54, 1.807) is 6.07 Å². The maximum Gasteiger partial charge on any atom is 0.134 e. The van der Waals surface area contributed by atoms with Gasteiger partial charge in [-0.1, -0.05) is 49.9 Å². The van der Waals surface area contributed by atoms with Gasteiger partial charge in [0.05, 0.1) is 5.02 Å². The van der Waals surface area contributed by atoms with Crippen LogP contribution in [-0.2, 0) is 12.8 Å². The summed E-state index contributed by atoms with van der Waals surface area (Å²) in [5, 5.41) is 11.0. The molecule has 1 N–H and O–H groups in total. The highest BCUT2D eigenvalue weighted by molar-refractivity contribution is 6.37. The van der Waals surface area contributed by atoms with Crippen LogP contribution in [0.5, 0.6) is 5.75 Å². The molecule has 0 saturated carbocycles. The van der Waals surface area contributed by atoms with Gasteiger partial charge < -0.3 is 5.11 Å². The predicted octanol–water partition coefficient (Wildman–Crippen LogP) is 5.38. The third-order valence-electron chi connectivity index (χ3n) is 2.93. The summed E-state index contributed by atoms with van der Waals surface area (Å²) in [4.78, 5) is 0. The van der Waals surface area contributed by atoms with Crippen LogP contribution in [0.3, 0.4) is 0 Å². The second-order valence-electron chi connectivity index (χ2n) is 4.37. The van der Waals surface area contributed by atoms with Crippen LogP contribution in [0.1, 0.15) is 50.7 Å². The Labute approximate surface area is 114 Å². The molecular formula is C14H20Cl2O. The summed E-state index contributed by atoms with van der Waals surface area (Å²) in [6.45, 7) is 4.27. The molecule has 1 rings (SSSR count). The molecule has 0 unspecified atom stereocenters. The third kappa shape index (κ3) is 3.79. The van der Waals surface area contributed by atoms with Crippen LogP contribution in [-0.4, -0.2) is 5.11 Å². The van der Waals surface area contributed by atoms with Crippen LogP contribution in [0, 0.1) is 0 Å². The van der Waals surface area contributed by atoms with Crippen LogP contribution < -0.4 is 0 Å². The molecular weight excluding hydrogens is 255 g/mol. The van der Waals surface area contributed by atoms with Gasteiger partial charge in [0.1, 0.15) is 5.75 Å². The molecule has 0 aliphatic heterocycles. The zero-order chi connectivity index (χ0) is 12.8. The van der Waals surface area contributed by atoms with Gasteiger partial charge in [-0.15, -0.1) is 0 Å². The van der Waals surface area contributed by atoms with E-state index in [2.05, 4.69) is 13.8 Å². The molecule has 17 heavy (non-hydrogen) atoms. The number of hydrogen-bond donors (Lipinski definition) is 1. The van der Waals surface area contributed by atoms with Crippen molar-refractivity contribution in [1.82, 2.24) is 0 Å². The first-order valence-corrected chi connectivity index (χ1v) is 7.06. The zero-order valence-corrected chi connectivity index (χ0v) is 12.0. The van der Waals surface area contributed by atoms with Crippen LogP contribution in [0.2, 0.25) is 10.0 Å². The van der Waals surface area contributed by atoms with E-state index in [9.17, 15) is 5.11 Å². The summed E-state index contributed by atoms with van der Waals surface area (Å²) < 4.78 is 0. The SMILES string of the molecule is CCCCc1cc(O)c(Cl)c(CCCC)c1Cl. The number of halogens is 2. The van der Waals surface area contributed by atoms with Crippen molar-refractivity contribution in [3.05, 3.63) is 27.2 Å². The second-order valence-corrected chi connectivity index (χ2v) is 5.12. The highest BCUT2D eigenvalue weighted by atomic mass is 35.5. The van der Waals surface area contributed by atoms with E-state index >= 15 is 0 Å². The highest BCUT2D eigenvalue weighted by Crippen LogP contribution is 2.37. The lowest BCUT2D eigenvalue weighted by Gasteiger charge is -2.13. The molecule has 0 fully saturated rings. The Kier molecular flexibility index (Phi) is 6.15. The van der Waals surface area contributed by atoms with Gasteiger partial charge in [-0.2, -0.15) is 0 Å². The number of benzene rings is 1. The summed E-state index contributed by atoms with van der Waals surface area (Å²) in [5.74, 6) is 0.160. The van der Waals surface area contributed by atoms with Gasteiger partial charge in [-0.25, -0.2) is 0 Å². The summed E-state index contributed by atoms with van der Waals surface area (Å²) in [6.07, 6.45) is 6.06. The van der Waals surface area contributed by atoms with E-state index < -0.39 is 0 Å². The molecule has 96 valence electrons. The van der Waals surface area contributed by atoms with E-state index in [1.807, 2.05) is 0 Å². The average Bonchev–Trinajstić information content (AvgIpc) is 2.32. The van der Waals surface area contributed by atoms with E-state index in [1.165, 1.54) is 0 Å². The Bertz CT molecular complexity index is 375. The minimum absolute atomic E-state index is 0.160. The number of rotatable bonds is 6. The molecule has 0 amide bonds. The average molecular weight is 275 g/mol. The number of aromatic hydroxyl groups is 1. The molecule has 0 saturated heterocycles. The smallest absolute Gasteiger partial charge is 0.134 e. The van der Waals surface area contributed by atoms with E-state index in [0.29, 0.717) is 5.02 Å². The van der Waals surface area contributed by atoms with Crippen molar-refractivity contribution in [2.45, 2.75) is 52.4 Å². The summed E-state index contributed by atoms with van der Waals surface area (Å²) in [7, 11) is 0. The Hall–Kier alpha value is -0.400. The van der Waals surface area contributed by atoms with Crippen LogP contribution in [0.4, 0.5) is 0 Å². The minimum Gasteiger partial charge on any atom is -0.506 e. The van der Waals surface area contributed by atoms with Gasteiger partial charge in [0.2, 0.25) is 0 Å². The lowest BCUT2D eigenvalue weighted by molar-refractivity contribution is 0.473. The number of unbranched alkanes of at least 4 members (excludes halogenated alkanes) is 2. The van der Waals surface area contributed by atoms with Gasteiger partial charge in [0.25, 0.3) is 0 Å². The van der Waals surface area contributed by atoms with Crippen LogP contribution >= 0.6 is 23.2 Å². The van der Waals surface area contributed by atoms with Gasteiger partial charge in [0, 0.05) is 5.02 Å². The van der Waals surface area contributed by atoms with Crippen molar-refractivity contribution >= 4 is 23.2 Å². The van der Waals surface area contributed by atoms with Gasteiger partial charge >= 0.3 is 0 Å². The monoisotopic (exact) mass is 274 g/mol. The molecule has 0 aromatic heterocycles. The number of phenols is 1. The molecule has 0 aliphatic carbocycles. The van der Waals surface area contributed by atoms with Crippen molar-refractivity contribution < 1.29 is 5.11 Å². The van der Waals surface area contributed by atoms with Gasteiger partial charge in [-0.3, -0.25) is 0 Å². The molecule has 1 aromatic rings. The van der Waals surface area contributed by atoms with E-state index in [4.69, 9.17) is 23.2 Å². The van der Waals surface area contributed by atoms with Crippen molar-refractivity contribution in [2.24, 2.45) is 0 Å². The summed E-state index contributed by atoms with van der Waals surface area (Å²) in [6, 6.07) is 1.70. The Morgan fingerprint density at radius 2 is 1.59 bits per heavy atom. The van der Waals surface area contributed by atoms with Gasteiger partial charge in [0.15, 0.2) is 0 Å². The second kappa shape index (κ2) is 7.13. The third-order valence-corrected chi connectivity index (χ3v) is 3.82. The van der Waals surface area contributed by atoms with Crippen molar-refractivity contribution in [2.75, 3.05) is 0 Å². The first-order valence-electron chi connectivity index (χ1n) is 6.30. The summed E-state index contributed by atoms with van der Waals surface area (Å²) in [5.41, 5.74) is 1.92. The van der Waals surface area contributed by atoms with Crippen LogP contribution in [0.25, 0.3) is 0 Å². The normalized spacial score (nSPS) is 10.8. The topological polar surface area (TPSA) is 20.2 Å². The molecule has 3 heteroatoms. The Morgan fingerprint density at radius 3 is 2.18 bits per heavy atom. The first-order chi connectivity index (χ1) is 8.11.